The van der Waals surface area contributed by atoms with Crippen LogP contribution in [0.5, 0.6) is 0 Å². The smallest absolute Gasteiger partial charge is 0.124 e. The first kappa shape index (κ1) is 9.56. The van der Waals surface area contributed by atoms with Crippen molar-refractivity contribution in [3.8, 4) is 0 Å². The number of hydrogen-bond acceptors (Lipinski definition) is 2. The lowest BCUT2D eigenvalue weighted by Crippen LogP contribution is -2.23. The van der Waals surface area contributed by atoms with Crippen LogP contribution >= 0.6 is 0 Å². The number of rotatable bonds is 2. The van der Waals surface area contributed by atoms with Crippen molar-refractivity contribution in [2.75, 3.05) is 5.32 Å². The van der Waals surface area contributed by atoms with E-state index in [4.69, 9.17) is 0 Å². The molecule has 1 aromatic heterocycles. The van der Waals surface area contributed by atoms with Gasteiger partial charge in [-0.15, -0.1) is 0 Å². The molecular weight excluding hydrogens is 174 g/mol. The maximum atomic E-state index is 4.33. The minimum atomic E-state index is 0.665. The molecule has 0 aromatic carbocycles. The number of anilines is 1. The Balaban J connectivity index is 1.98. The highest BCUT2D eigenvalue weighted by Crippen LogP contribution is 2.21. The molecule has 0 atom stereocenters. The fourth-order valence-electron chi connectivity index (χ4n) is 2.20. The van der Waals surface area contributed by atoms with E-state index in [9.17, 15) is 0 Å². The van der Waals surface area contributed by atoms with Gasteiger partial charge in [-0.2, -0.15) is 5.10 Å². The van der Waals surface area contributed by atoms with Gasteiger partial charge in [-0.25, -0.2) is 0 Å². The van der Waals surface area contributed by atoms with Crippen molar-refractivity contribution in [3.05, 3.63) is 11.8 Å². The fourth-order valence-corrected chi connectivity index (χ4v) is 2.20. The Hall–Kier alpha value is -0.990. The van der Waals surface area contributed by atoms with Crippen molar-refractivity contribution >= 4 is 5.82 Å². The summed E-state index contributed by atoms with van der Waals surface area (Å²) in [4.78, 5) is 0. The summed E-state index contributed by atoms with van der Waals surface area (Å²) < 4.78 is 1.93. The summed E-state index contributed by atoms with van der Waals surface area (Å²) in [5.41, 5.74) is 1.09. The molecule has 0 aliphatic heterocycles. The van der Waals surface area contributed by atoms with Crippen LogP contribution in [-0.2, 0) is 7.05 Å². The van der Waals surface area contributed by atoms with E-state index in [1.807, 2.05) is 18.7 Å². The van der Waals surface area contributed by atoms with Gasteiger partial charge in [0.1, 0.15) is 5.82 Å². The van der Waals surface area contributed by atoms with Gasteiger partial charge in [-0.1, -0.05) is 19.3 Å². The van der Waals surface area contributed by atoms with Gasteiger partial charge < -0.3 is 5.32 Å². The Labute approximate surface area is 85.5 Å². The molecule has 0 saturated heterocycles. The zero-order valence-electron chi connectivity index (χ0n) is 9.08. The molecule has 3 nitrogen and oxygen atoms in total. The Bertz CT molecular complexity index is 297. The average Bonchev–Trinajstić information content (AvgIpc) is 2.47. The van der Waals surface area contributed by atoms with E-state index in [2.05, 4.69) is 16.5 Å². The molecule has 1 N–H and O–H groups in total. The van der Waals surface area contributed by atoms with Gasteiger partial charge in [0.15, 0.2) is 0 Å². The van der Waals surface area contributed by atoms with E-state index in [0.717, 1.165) is 11.5 Å². The van der Waals surface area contributed by atoms with Crippen LogP contribution < -0.4 is 5.32 Å². The molecule has 78 valence electrons. The minimum Gasteiger partial charge on any atom is -0.368 e. The zero-order valence-corrected chi connectivity index (χ0v) is 9.08. The summed E-state index contributed by atoms with van der Waals surface area (Å²) >= 11 is 0. The second-order valence-electron chi connectivity index (χ2n) is 4.27. The molecule has 1 heterocycles. The van der Waals surface area contributed by atoms with E-state index >= 15 is 0 Å². The molecule has 1 aliphatic carbocycles. The SMILES string of the molecule is Cc1cc(NC2CCCCC2)n(C)n1. The quantitative estimate of drug-likeness (QED) is 0.782. The normalized spacial score (nSPS) is 18.4. The molecule has 3 heteroatoms. The Morgan fingerprint density at radius 3 is 2.64 bits per heavy atom. The van der Waals surface area contributed by atoms with Gasteiger partial charge in [0, 0.05) is 19.2 Å². The molecule has 2 rings (SSSR count). The molecule has 0 radical (unpaired) electrons. The highest BCUT2D eigenvalue weighted by atomic mass is 15.3. The van der Waals surface area contributed by atoms with Crippen LogP contribution in [0.1, 0.15) is 37.8 Å². The number of nitrogens with one attached hydrogen (secondary N) is 1. The molecule has 0 spiro atoms. The summed E-state index contributed by atoms with van der Waals surface area (Å²) in [5.74, 6) is 1.16. The zero-order chi connectivity index (χ0) is 9.97. The van der Waals surface area contributed by atoms with E-state index in [-0.39, 0.29) is 0 Å². The number of aromatic nitrogens is 2. The average molecular weight is 193 g/mol. The minimum absolute atomic E-state index is 0.665. The van der Waals surface area contributed by atoms with Crippen molar-refractivity contribution < 1.29 is 0 Å². The molecule has 1 saturated carbocycles. The predicted molar refractivity (Wildman–Crippen MR) is 58.4 cm³/mol. The highest BCUT2D eigenvalue weighted by Gasteiger charge is 2.14. The third kappa shape index (κ3) is 2.08. The monoisotopic (exact) mass is 193 g/mol. The van der Waals surface area contributed by atoms with Gasteiger partial charge in [-0.05, 0) is 19.8 Å². The van der Waals surface area contributed by atoms with Crippen LogP contribution in [0, 0.1) is 6.92 Å². The van der Waals surface area contributed by atoms with Crippen molar-refractivity contribution in [1.82, 2.24) is 9.78 Å². The first-order chi connectivity index (χ1) is 6.75. The van der Waals surface area contributed by atoms with Crippen molar-refractivity contribution in [1.29, 1.82) is 0 Å². The molecule has 0 amide bonds. The molecule has 14 heavy (non-hydrogen) atoms. The largest absolute Gasteiger partial charge is 0.368 e. The van der Waals surface area contributed by atoms with Crippen molar-refractivity contribution in [3.63, 3.8) is 0 Å². The topological polar surface area (TPSA) is 29.9 Å². The van der Waals surface area contributed by atoms with E-state index in [0.29, 0.717) is 6.04 Å². The summed E-state index contributed by atoms with van der Waals surface area (Å²) in [6.45, 7) is 2.03. The summed E-state index contributed by atoms with van der Waals surface area (Å²) in [6.07, 6.45) is 6.76. The summed E-state index contributed by atoms with van der Waals surface area (Å²) in [7, 11) is 2.00. The lowest BCUT2D eigenvalue weighted by atomic mass is 9.95. The van der Waals surface area contributed by atoms with Crippen LogP contribution in [0.4, 0.5) is 5.82 Å². The summed E-state index contributed by atoms with van der Waals surface area (Å²) in [5, 5.41) is 7.90. The molecule has 1 aliphatic rings. The summed E-state index contributed by atoms with van der Waals surface area (Å²) in [6, 6.07) is 2.78. The van der Waals surface area contributed by atoms with Gasteiger partial charge in [0.2, 0.25) is 0 Å². The van der Waals surface area contributed by atoms with Gasteiger partial charge in [0.25, 0.3) is 0 Å². The third-order valence-corrected chi connectivity index (χ3v) is 2.96. The number of hydrogen-bond donors (Lipinski definition) is 1. The molecule has 0 bridgehead atoms. The lowest BCUT2D eigenvalue weighted by Gasteiger charge is -2.23. The van der Waals surface area contributed by atoms with Crippen LogP contribution in [0.2, 0.25) is 0 Å². The first-order valence-electron chi connectivity index (χ1n) is 5.53. The first-order valence-corrected chi connectivity index (χ1v) is 5.53. The fraction of sp³-hybridized carbons (Fsp3) is 0.727. The highest BCUT2D eigenvalue weighted by molar-refractivity contribution is 5.37. The molecule has 1 aromatic rings. The molecular formula is C11H19N3. The van der Waals surface area contributed by atoms with E-state index < -0.39 is 0 Å². The third-order valence-electron chi connectivity index (χ3n) is 2.96. The van der Waals surface area contributed by atoms with Gasteiger partial charge in [-0.3, -0.25) is 4.68 Å². The molecule has 1 fully saturated rings. The second kappa shape index (κ2) is 4.03. The van der Waals surface area contributed by atoms with Crippen LogP contribution in [0.25, 0.3) is 0 Å². The maximum Gasteiger partial charge on any atom is 0.124 e. The van der Waals surface area contributed by atoms with Crippen LogP contribution in [0.3, 0.4) is 0 Å². The van der Waals surface area contributed by atoms with Crippen LogP contribution in [0.15, 0.2) is 6.07 Å². The Morgan fingerprint density at radius 1 is 1.36 bits per heavy atom. The van der Waals surface area contributed by atoms with Crippen molar-refractivity contribution in [2.45, 2.75) is 45.1 Å². The van der Waals surface area contributed by atoms with Crippen molar-refractivity contribution in [2.24, 2.45) is 7.05 Å². The van der Waals surface area contributed by atoms with Gasteiger partial charge in [0.05, 0.1) is 5.69 Å². The maximum absolute atomic E-state index is 4.33. The standard InChI is InChI=1S/C11H19N3/c1-9-8-11(14(2)13-9)12-10-6-4-3-5-7-10/h8,10,12H,3-7H2,1-2H3. The second-order valence-corrected chi connectivity index (χ2v) is 4.27. The van der Waals surface area contributed by atoms with E-state index in [1.54, 1.807) is 0 Å². The number of nitrogens with zero attached hydrogens (tertiary/aromatic N) is 2. The number of aryl methyl sites for hydroxylation is 2. The molecule has 0 unspecified atom stereocenters. The Morgan fingerprint density at radius 2 is 2.07 bits per heavy atom. The van der Waals surface area contributed by atoms with Crippen LogP contribution in [-0.4, -0.2) is 15.8 Å². The lowest BCUT2D eigenvalue weighted by molar-refractivity contribution is 0.460. The Kier molecular flexibility index (Phi) is 2.75. The predicted octanol–water partition coefficient (Wildman–Crippen LogP) is 2.47. The van der Waals surface area contributed by atoms with Gasteiger partial charge >= 0.3 is 0 Å². The van der Waals surface area contributed by atoms with E-state index in [1.165, 1.54) is 32.1 Å².